The van der Waals surface area contributed by atoms with Gasteiger partial charge in [0.25, 0.3) is 5.69 Å². The summed E-state index contributed by atoms with van der Waals surface area (Å²) in [6.07, 6.45) is 0. The number of benzene rings is 1. The molecule has 0 aliphatic carbocycles. The first-order valence-electron chi connectivity index (χ1n) is 5.86. The SMILES string of the molecule is O=C(O)c1ccc(CNS(=O)(=O)c2ccccc2[N+](=O)[O-])s1. The Bertz CT molecular complexity index is 828. The first-order chi connectivity index (χ1) is 10.3. The summed E-state index contributed by atoms with van der Waals surface area (Å²) in [5, 5.41) is 19.7. The van der Waals surface area contributed by atoms with Crippen LogP contribution in [0.4, 0.5) is 5.69 Å². The highest BCUT2D eigenvalue weighted by molar-refractivity contribution is 7.89. The Balaban J connectivity index is 2.21. The number of rotatable bonds is 6. The molecule has 0 fully saturated rings. The predicted molar refractivity (Wildman–Crippen MR) is 78.4 cm³/mol. The Morgan fingerprint density at radius 1 is 1.27 bits per heavy atom. The lowest BCUT2D eigenvalue weighted by molar-refractivity contribution is -0.387. The van der Waals surface area contributed by atoms with Gasteiger partial charge in [0.1, 0.15) is 4.88 Å². The molecule has 10 heteroatoms. The quantitative estimate of drug-likeness (QED) is 0.609. The average molecular weight is 342 g/mol. The minimum Gasteiger partial charge on any atom is -0.477 e. The molecule has 0 radical (unpaired) electrons. The Morgan fingerprint density at radius 3 is 2.55 bits per heavy atom. The van der Waals surface area contributed by atoms with Crippen molar-refractivity contribution in [1.82, 2.24) is 4.72 Å². The van der Waals surface area contributed by atoms with Crippen LogP contribution in [0.25, 0.3) is 0 Å². The number of nitro benzene ring substituents is 1. The van der Waals surface area contributed by atoms with Crippen LogP contribution in [0.3, 0.4) is 0 Å². The summed E-state index contributed by atoms with van der Waals surface area (Å²) in [6, 6.07) is 7.84. The van der Waals surface area contributed by atoms with E-state index in [0.29, 0.717) is 4.88 Å². The van der Waals surface area contributed by atoms with Gasteiger partial charge in [-0.1, -0.05) is 12.1 Å². The number of hydrogen-bond donors (Lipinski definition) is 2. The van der Waals surface area contributed by atoms with Gasteiger partial charge in [0.05, 0.1) is 4.92 Å². The molecule has 2 aromatic rings. The maximum absolute atomic E-state index is 12.1. The highest BCUT2D eigenvalue weighted by Gasteiger charge is 2.24. The molecule has 1 aromatic carbocycles. The van der Waals surface area contributed by atoms with E-state index in [4.69, 9.17) is 5.11 Å². The van der Waals surface area contributed by atoms with Crippen molar-refractivity contribution < 1.29 is 23.2 Å². The Labute approximate surface area is 129 Å². The van der Waals surface area contributed by atoms with Crippen LogP contribution in [0.2, 0.25) is 0 Å². The van der Waals surface area contributed by atoms with Gasteiger partial charge >= 0.3 is 5.97 Å². The zero-order valence-electron chi connectivity index (χ0n) is 10.9. The van der Waals surface area contributed by atoms with E-state index in [-0.39, 0.29) is 11.4 Å². The monoisotopic (exact) mass is 342 g/mol. The maximum Gasteiger partial charge on any atom is 0.345 e. The molecule has 22 heavy (non-hydrogen) atoms. The fourth-order valence-corrected chi connectivity index (χ4v) is 3.72. The van der Waals surface area contributed by atoms with Crippen LogP contribution >= 0.6 is 11.3 Å². The molecule has 2 rings (SSSR count). The lowest BCUT2D eigenvalue weighted by Gasteiger charge is -2.06. The molecule has 0 aliphatic rings. The molecule has 0 unspecified atom stereocenters. The largest absolute Gasteiger partial charge is 0.477 e. The summed E-state index contributed by atoms with van der Waals surface area (Å²) >= 11 is 0.927. The number of nitrogens with one attached hydrogen (secondary N) is 1. The van der Waals surface area contributed by atoms with Crippen molar-refractivity contribution in [3.05, 3.63) is 56.3 Å². The molecular formula is C12H10N2O6S2. The van der Waals surface area contributed by atoms with Crippen molar-refractivity contribution >= 4 is 33.0 Å². The van der Waals surface area contributed by atoms with Gasteiger partial charge in [0, 0.05) is 17.5 Å². The molecule has 1 aromatic heterocycles. The second kappa shape index (κ2) is 6.22. The van der Waals surface area contributed by atoms with Crippen LogP contribution < -0.4 is 4.72 Å². The molecule has 0 amide bonds. The van der Waals surface area contributed by atoms with Gasteiger partial charge < -0.3 is 5.11 Å². The summed E-state index contributed by atoms with van der Waals surface area (Å²) in [6.45, 7) is -0.146. The molecule has 0 bridgehead atoms. The number of carbonyl (C=O) groups is 1. The Morgan fingerprint density at radius 2 is 1.95 bits per heavy atom. The van der Waals surface area contributed by atoms with E-state index in [1.807, 2.05) is 0 Å². The van der Waals surface area contributed by atoms with E-state index in [9.17, 15) is 23.3 Å². The number of carboxylic acid groups (broad SMARTS) is 1. The number of hydrogen-bond acceptors (Lipinski definition) is 6. The number of sulfonamides is 1. The lowest BCUT2D eigenvalue weighted by Crippen LogP contribution is -2.23. The topological polar surface area (TPSA) is 127 Å². The second-order valence-electron chi connectivity index (χ2n) is 4.12. The molecule has 0 saturated carbocycles. The van der Waals surface area contributed by atoms with Crippen molar-refractivity contribution in [2.45, 2.75) is 11.4 Å². The van der Waals surface area contributed by atoms with Crippen LogP contribution in [-0.4, -0.2) is 24.4 Å². The molecule has 0 atom stereocenters. The molecule has 2 N–H and O–H groups in total. The fraction of sp³-hybridized carbons (Fsp3) is 0.0833. The number of thiophene rings is 1. The smallest absolute Gasteiger partial charge is 0.345 e. The van der Waals surface area contributed by atoms with E-state index in [2.05, 4.69) is 4.72 Å². The van der Waals surface area contributed by atoms with Crippen molar-refractivity contribution in [3.8, 4) is 0 Å². The van der Waals surface area contributed by atoms with Gasteiger partial charge in [-0.05, 0) is 18.2 Å². The summed E-state index contributed by atoms with van der Waals surface area (Å²) in [5.41, 5.74) is -0.521. The third kappa shape index (κ3) is 3.47. The second-order valence-corrected chi connectivity index (χ2v) is 7.02. The van der Waals surface area contributed by atoms with Crippen molar-refractivity contribution in [2.24, 2.45) is 0 Å². The molecular weight excluding hydrogens is 332 g/mol. The molecule has 0 saturated heterocycles. The third-order valence-corrected chi connectivity index (χ3v) is 5.18. The van der Waals surface area contributed by atoms with Gasteiger partial charge in [-0.3, -0.25) is 10.1 Å². The standard InChI is InChI=1S/C12H10N2O6S2/c15-12(16)10-6-5-8(21-10)7-13-22(19,20)11-4-2-1-3-9(11)14(17)18/h1-6,13H,7H2,(H,15,16). The number of carboxylic acids is 1. The third-order valence-electron chi connectivity index (χ3n) is 2.66. The summed E-state index contributed by atoms with van der Waals surface area (Å²) < 4.78 is 26.5. The Kier molecular flexibility index (Phi) is 4.54. The van der Waals surface area contributed by atoms with E-state index >= 15 is 0 Å². The van der Waals surface area contributed by atoms with Crippen LogP contribution in [0.5, 0.6) is 0 Å². The summed E-state index contributed by atoms with van der Waals surface area (Å²) in [4.78, 5) is 21.0. The van der Waals surface area contributed by atoms with Gasteiger partial charge in [0.15, 0.2) is 4.90 Å². The molecule has 116 valence electrons. The van der Waals surface area contributed by atoms with Crippen LogP contribution in [0.1, 0.15) is 14.5 Å². The molecule has 0 aliphatic heterocycles. The number of nitrogens with zero attached hydrogens (tertiary/aromatic N) is 1. The van der Waals surface area contributed by atoms with E-state index < -0.39 is 31.5 Å². The van der Waals surface area contributed by atoms with Crippen LogP contribution in [0, 0.1) is 10.1 Å². The highest BCUT2D eigenvalue weighted by Crippen LogP contribution is 2.23. The number of nitro groups is 1. The van der Waals surface area contributed by atoms with E-state index in [1.165, 1.54) is 24.3 Å². The minimum atomic E-state index is -4.08. The van der Waals surface area contributed by atoms with E-state index in [1.54, 1.807) is 0 Å². The van der Waals surface area contributed by atoms with Gasteiger partial charge in [-0.2, -0.15) is 0 Å². The first-order valence-corrected chi connectivity index (χ1v) is 8.16. The fourth-order valence-electron chi connectivity index (χ4n) is 1.67. The number of para-hydroxylation sites is 1. The van der Waals surface area contributed by atoms with Gasteiger partial charge in [-0.25, -0.2) is 17.9 Å². The van der Waals surface area contributed by atoms with Gasteiger partial charge in [0.2, 0.25) is 10.0 Å². The summed E-state index contributed by atoms with van der Waals surface area (Å²) in [7, 11) is -4.08. The molecule has 1 heterocycles. The maximum atomic E-state index is 12.1. The van der Waals surface area contributed by atoms with Crippen molar-refractivity contribution in [3.63, 3.8) is 0 Å². The normalized spacial score (nSPS) is 11.3. The molecule has 8 nitrogen and oxygen atoms in total. The van der Waals surface area contributed by atoms with Gasteiger partial charge in [-0.15, -0.1) is 11.3 Å². The highest BCUT2D eigenvalue weighted by atomic mass is 32.2. The van der Waals surface area contributed by atoms with Crippen LogP contribution in [-0.2, 0) is 16.6 Å². The minimum absolute atomic E-state index is 0.0832. The average Bonchev–Trinajstić information content (AvgIpc) is 2.94. The van der Waals surface area contributed by atoms with Crippen LogP contribution in [0.15, 0.2) is 41.3 Å². The van der Waals surface area contributed by atoms with Crippen molar-refractivity contribution in [1.29, 1.82) is 0 Å². The lowest BCUT2D eigenvalue weighted by atomic mass is 10.3. The number of aromatic carboxylic acids is 1. The van der Waals surface area contributed by atoms with Crippen molar-refractivity contribution in [2.75, 3.05) is 0 Å². The van der Waals surface area contributed by atoms with E-state index in [0.717, 1.165) is 23.5 Å². The molecule has 0 spiro atoms. The zero-order valence-corrected chi connectivity index (χ0v) is 12.6. The predicted octanol–water partition coefficient (Wildman–Crippen LogP) is 1.83. The Hall–Kier alpha value is -2.30. The summed E-state index contributed by atoms with van der Waals surface area (Å²) in [5.74, 6) is -1.10. The zero-order chi connectivity index (χ0) is 16.3. The first kappa shape index (κ1) is 16.1.